The lowest BCUT2D eigenvalue weighted by atomic mass is 9.50. The highest BCUT2D eigenvalue weighted by Crippen LogP contribution is 2.68. The minimum Gasteiger partial charge on any atom is -0.480 e. The molecule has 1 aliphatic carbocycles. The third-order valence-corrected chi connectivity index (χ3v) is 4.82. The van der Waals surface area contributed by atoms with Crippen LogP contribution in [-0.2, 0) is 10.2 Å². The summed E-state index contributed by atoms with van der Waals surface area (Å²) in [4.78, 5) is 11.7. The molecule has 3 rings (SSSR count). The molecular formula is C17H14F4O2. The highest BCUT2D eigenvalue weighted by Gasteiger charge is 2.89. The number of halogens is 4. The fourth-order valence-electron chi connectivity index (χ4n) is 3.68. The Morgan fingerprint density at radius 2 is 1.70 bits per heavy atom. The second-order valence-corrected chi connectivity index (χ2v) is 5.83. The second-order valence-electron chi connectivity index (χ2n) is 5.83. The van der Waals surface area contributed by atoms with Crippen molar-refractivity contribution in [3.63, 3.8) is 0 Å². The summed E-state index contributed by atoms with van der Waals surface area (Å²) in [5, 5.41) is 10.7. The fraction of sp³-hybridized carbons (Fsp3) is 0.353. The normalized spacial score (nSPS) is 28.3. The molecule has 2 aromatic carbocycles. The summed E-state index contributed by atoms with van der Waals surface area (Å²) >= 11 is 0. The number of benzene rings is 2. The van der Waals surface area contributed by atoms with Gasteiger partial charge in [-0.2, -0.15) is 17.6 Å². The number of aliphatic carboxylic acids is 1. The van der Waals surface area contributed by atoms with Crippen LogP contribution >= 0.6 is 0 Å². The maximum atomic E-state index is 14.3. The first-order chi connectivity index (χ1) is 10.7. The van der Waals surface area contributed by atoms with Crippen molar-refractivity contribution in [1.82, 2.24) is 0 Å². The van der Waals surface area contributed by atoms with Gasteiger partial charge in [0.05, 0.1) is 5.92 Å². The molecule has 0 aromatic heterocycles. The molecular weight excluding hydrogens is 312 g/mol. The minimum atomic E-state index is -4.64. The Bertz CT molecular complexity index is 787. The van der Waals surface area contributed by atoms with E-state index in [0.29, 0.717) is 5.39 Å². The summed E-state index contributed by atoms with van der Waals surface area (Å²) in [6.45, 7) is 1.30. The minimum absolute atomic E-state index is 0.286. The third-order valence-electron chi connectivity index (χ3n) is 4.82. The number of carboxylic acids is 1. The Balaban J connectivity index is 2.27. The monoisotopic (exact) mass is 326 g/mol. The van der Waals surface area contributed by atoms with Crippen LogP contribution in [0.15, 0.2) is 42.5 Å². The molecule has 0 heterocycles. The molecule has 2 atom stereocenters. The van der Waals surface area contributed by atoms with Gasteiger partial charge >= 0.3 is 17.8 Å². The number of rotatable bonds is 3. The van der Waals surface area contributed by atoms with Crippen LogP contribution in [-0.4, -0.2) is 22.9 Å². The van der Waals surface area contributed by atoms with Crippen LogP contribution in [0.4, 0.5) is 17.6 Å². The molecule has 0 radical (unpaired) electrons. The van der Waals surface area contributed by atoms with Crippen molar-refractivity contribution in [2.45, 2.75) is 30.6 Å². The summed E-state index contributed by atoms with van der Waals surface area (Å²) in [5.74, 6) is -12.9. The SMILES string of the molecule is CCC1C(F)(F)C(F)(F)C1(C(=O)O)c1ccc2ccccc2c1. The molecule has 0 bridgehead atoms. The maximum absolute atomic E-state index is 14.3. The first-order valence-corrected chi connectivity index (χ1v) is 7.19. The zero-order valence-electron chi connectivity index (χ0n) is 12.2. The van der Waals surface area contributed by atoms with Crippen LogP contribution in [0.5, 0.6) is 0 Å². The summed E-state index contributed by atoms with van der Waals surface area (Å²) in [5.41, 5.74) is -3.19. The Labute approximate surface area is 129 Å². The molecule has 6 heteroatoms. The number of fused-ring (bicyclic) bond motifs is 1. The standard InChI is InChI=1S/C17H14F4O2/c1-2-13-15(14(22)23,17(20,21)16(13,18)19)12-8-7-10-5-3-4-6-11(10)9-12/h3-9,13H,2H2,1H3,(H,22,23). The van der Waals surface area contributed by atoms with E-state index in [1.165, 1.54) is 25.1 Å². The summed E-state index contributed by atoms with van der Waals surface area (Å²) in [6.07, 6.45) is -0.359. The zero-order valence-corrected chi connectivity index (χ0v) is 12.2. The van der Waals surface area contributed by atoms with Crippen molar-refractivity contribution >= 4 is 16.7 Å². The van der Waals surface area contributed by atoms with E-state index in [1.54, 1.807) is 24.3 Å². The lowest BCUT2D eigenvalue weighted by Gasteiger charge is -2.57. The Morgan fingerprint density at radius 3 is 2.26 bits per heavy atom. The van der Waals surface area contributed by atoms with E-state index in [1.807, 2.05) is 0 Å². The van der Waals surface area contributed by atoms with Crippen LogP contribution in [0, 0.1) is 5.92 Å². The van der Waals surface area contributed by atoms with E-state index in [4.69, 9.17) is 0 Å². The molecule has 0 aliphatic heterocycles. The van der Waals surface area contributed by atoms with Gasteiger partial charge < -0.3 is 5.11 Å². The molecule has 1 N–H and O–H groups in total. The van der Waals surface area contributed by atoms with E-state index >= 15 is 0 Å². The maximum Gasteiger partial charge on any atom is 0.330 e. The second kappa shape index (κ2) is 4.69. The number of hydrogen-bond acceptors (Lipinski definition) is 1. The molecule has 0 saturated heterocycles. The molecule has 1 saturated carbocycles. The lowest BCUT2D eigenvalue weighted by Crippen LogP contribution is -2.79. The largest absolute Gasteiger partial charge is 0.480 e. The molecule has 0 spiro atoms. The fourth-order valence-corrected chi connectivity index (χ4v) is 3.68. The van der Waals surface area contributed by atoms with Crippen LogP contribution in [0.2, 0.25) is 0 Å². The van der Waals surface area contributed by atoms with Crippen LogP contribution in [0.3, 0.4) is 0 Å². The van der Waals surface area contributed by atoms with Crippen molar-refractivity contribution in [3.8, 4) is 0 Å². The van der Waals surface area contributed by atoms with E-state index in [-0.39, 0.29) is 12.0 Å². The van der Waals surface area contributed by atoms with Gasteiger partial charge in [0.25, 0.3) is 0 Å². The number of carboxylic acid groups (broad SMARTS) is 1. The first-order valence-electron chi connectivity index (χ1n) is 7.19. The molecule has 0 amide bonds. The van der Waals surface area contributed by atoms with Gasteiger partial charge in [0.2, 0.25) is 0 Å². The van der Waals surface area contributed by atoms with Crippen LogP contribution < -0.4 is 0 Å². The number of carbonyl (C=O) groups is 1. The zero-order chi connectivity index (χ0) is 17.0. The average molecular weight is 326 g/mol. The molecule has 2 nitrogen and oxygen atoms in total. The Morgan fingerprint density at radius 1 is 1.09 bits per heavy atom. The van der Waals surface area contributed by atoms with Gasteiger partial charge in [-0.25, -0.2) is 0 Å². The lowest BCUT2D eigenvalue weighted by molar-refractivity contribution is -0.361. The smallest absolute Gasteiger partial charge is 0.330 e. The summed E-state index contributed by atoms with van der Waals surface area (Å²) in [6, 6.07) is 10.7. The van der Waals surface area contributed by atoms with E-state index in [2.05, 4.69) is 0 Å². The number of hydrogen-bond donors (Lipinski definition) is 1. The topological polar surface area (TPSA) is 37.3 Å². The average Bonchev–Trinajstić information content (AvgIpc) is 2.50. The van der Waals surface area contributed by atoms with Crippen molar-refractivity contribution in [2.24, 2.45) is 5.92 Å². The highest BCUT2D eigenvalue weighted by atomic mass is 19.3. The molecule has 1 aliphatic rings. The molecule has 23 heavy (non-hydrogen) atoms. The number of alkyl halides is 4. The van der Waals surface area contributed by atoms with Gasteiger partial charge in [-0.3, -0.25) is 4.79 Å². The van der Waals surface area contributed by atoms with Gasteiger partial charge in [-0.15, -0.1) is 0 Å². The quantitative estimate of drug-likeness (QED) is 0.845. The van der Waals surface area contributed by atoms with Crippen molar-refractivity contribution < 1.29 is 27.5 Å². The Hall–Kier alpha value is -2.11. The highest BCUT2D eigenvalue weighted by molar-refractivity contribution is 5.90. The predicted octanol–water partition coefficient (Wildman–Crippen LogP) is 4.47. The van der Waals surface area contributed by atoms with Crippen molar-refractivity contribution in [3.05, 3.63) is 48.0 Å². The van der Waals surface area contributed by atoms with Gasteiger partial charge in [0, 0.05) is 0 Å². The molecule has 1 fully saturated rings. The van der Waals surface area contributed by atoms with Gasteiger partial charge in [-0.05, 0) is 28.8 Å². The van der Waals surface area contributed by atoms with E-state index in [0.717, 1.165) is 5.39 Å². The summed E-state index contributed by atoms with van der Waals surface area (Å²) < 4.78 is 56.2. The Kier molecular flexibility index (Phi) is 3.22. The van der Waals surface area contributed by atoms with Crippen molar-refractivity contribution in [1.29, 1.82) is 0 Å². The predicted molar refractivity (Wildman–Crippen MR) is 76.9 cm³/mol. The third kappa shape index (κ3) is 1.66. The van der Waals surface area contributed by atoms with E-state index < -0.39 is 29.1 Å². The van der Waals surface area contributed by atoms with E-state index in [9.17, 15) is 27.5 Å². The molecule has 2 aromatic rings. The van der Waals surface area contributed by atoms with Gasteiger partial charge in [-0.1, -0.05) is 43.3 Å². The van der Waals surface area contributed by atoms with Gasteiger partial charge in [0.1, 0.15) is 0 Å². The summed E-state index contributed by atoms with van der Waals surface area (Å²) in [7, 11) is 0. The van der Waals surface area contributed by atoms with Gasteiger partial charge in [0.15, 0.2) is 5.41 Å². The molecule has 2 unspecified atom stereocenters. The van der Waals surface area contributed by atoms with Crippen LogP contribution in [0.25, 0.3) is 10.8 Å². The van der Waals surface area contributed by atoms with Crippen molar-refractivity contribution in [2.75, 3.05) is 0 Å². The first kappa shape index (κ1) is 15.8. The van der Waals surface area contributed by atoms with Crippen LogP contribution in [0.1, 0.15) is 18.9 Å². The molecule has 122 valence electrons.